The van der Waals surface area contributed by atoms with Crippen molar-refractivity contribution < 1.29 is 55.2 Å². The number of carbonyl (C=O) groups excluding carboxylic acids is 3. The van der Waals surface area contributed by atoms with Crippen LogP contribution in [0.3, 0.4) is 0 Å². The molecule has 0 unspecified atom stereocenters. The minimum atomic E-state index is -1.38. The molecule has 6 heterocycles. The predicted molar refractivity (Wildman–Crippen MR) is 276 cm³/mol. The quantitative estimate of drug-likeness (QED) is 0.0404. The number of benzene rings is 2. The molecule has 2 saturated carbocycles. The largest absolute Gasteiger partial charge is 0.394 e. The van der Waals surface area contributed by atoms with Crippen LogP contribution in [-0.2, 0) is 22.4 Å². The number of nitrogens with one attached hydrogen (secondary N) is 6. The van der Waals surface area contributed by atoms with Crippen molar-refractivity contribution in [2.24, 2.45) is 0 Å². The molecule has 0 spiro atoms. The van der Waals surface area contributed by atoms with Gasteiger partial charge in [0.05, 0.1) is 98.3 Å². The molecule has 2 aliphatic rings. The zero-order chi connectivity index (χ0) is 54.6. The molecule has 0 aliphatic heterocycles. The predicted octanol–water partition coefficient (Wildman–Crippen LogP) is -1.70. The van der Waals surface area contributed by atoms with Crippen LogP contribution >= 0.6 is 0 Å². The minimum Gasteiger partial charge on any atom is -0.394 e. The van der Waals surface area contributed by atoms with E-state index in [1.165, 1.54) is 46.8 Å². The second-order valence-corrected chi connectivity index (χ2v) is 19.0. The lowest BCUT2D eigenvalue weighted by Crippen LogP contribution is -2.44. The van der Waals surface area contributed by atoms with Gasteiger partial charge in [-0.2, -0.15) is 30.1 Å². The number of aliphatic hydroxyl groups is 8. The monoisotopic (exact) mass is 1070 g/mol. The van der Waals surface area contributed by atoms with Gasteiger partial charge >= 0.3 is 6.03 Å². The summed E-state index contributed by atoms with van der Waals surface area (Å²) in [7, 11) is 0. The van der Waals surface area contributed by atoms with Crippen LogP contribution in [0, 0.1) is 0 Å². The van der Waals surface area contributed by atoms with E-state index in [4.69, 9.17) is 19.9 Å². The van der Waals surface area contributed by atoms with Crippen molar-refractivity contribution >= 4 is 63.2 Å². The molecule has 14 N–H and O–H groups in total. The van der Waals surface area contributed by atoms with E-state index in [0.29, 0.717) is 12.8 Å². The fourth-order valence-electron chi connectivity index (χ4n) is 9.85. The molecular weight excluding hydrogens is 1020 g/mol. The molecule has 0 bridgehead atoms. The van der Waals surface area contributed by atoms with E-state index in [0.717, 1.165) is 11.1 Å². The van der Waals surface area contributed by atoms with Crippen molar-refractivity contribution in [3.05, 3.63) is 109 Å². The van der Waals surface area contributed by atoms with Crippen LogP contribution in [-0.4, -0.2) is 192 Å². The average Bonchev–Trinajstić information content (AvgIpc) is 4.54. The van der Waals surface area contributed by atoms with Crippen LogP contribution < -0.4 is 31.9 Å². The molecule has 8 aromatic rings. The number of rotatable bonds is 20. The van der Waals surface area contributed by atoms with E-state index in [2.05, 4.69) is 52.1 Å². The number of nitrogens with zero attached hydrogens (tertiary/aromatic N) is 12. The standard InChI is InChI=1S/C49H56N18O11/c68-19-27(11-25-7-3-1-4-8-25)54-43-37-45(64(23-50-37)33-13-31(39(74)41(33)76)58-35(72)21-70)62-47(60-43)66-17-29(15-52-66)56-49(78)57-30-16-53-67(18-30)48-61-44(55-28(20-69)12-26-9-5-2-6-10-26)38-46(63-48)65(24-51-38)34-14-32(40(75)42(34)77)59-36(73)22-71/h1-10,15-18,23-24,27-28,31-34,39-42,68-71,74-77H,11-14,19-22H2,(H,58,72)(H,59,73)(H,54,60,62)(H,55,61,63)(H2,56,57,78)/t27-,28-,31-,32-,33+,34+,39+,40+,41-,42-/m0/s1. The van der Waals surface area contributed by atoms with Crippen LogP contribution in [0.25, 0.3) is 34.2 Å². The normalized spacial score (nSPS) is 21.8. The Morgan fingerprint density at radius 2 is 0.974 bits per heavy atom. The van der Waals surface area contributed by atoms with Crippen LogP contribution in [0.1, 0.15) is 36.1 Å². The number of anilines is 4. The molecule has 10 atom stereocenters. The smallest absolute Gasteiger partial charge is 0.323 e. The topological polar surface area (TPSA) is 408 Å². The lowest BCUT2D eigenvalue weighted by Gasteiger charge is -2.20. The molecule has 10 rings (SSSR count). The van der Waals surface area contributed by atoms with Crippen molar-refractivity contribution in [2.45, 2.75) is 86.4 Å². The number of carbonyl (C=O) groups is 3. The average molecular weight is 1070 g/mol. The van der Waals surface area contributed by atoms with Gasteiger partial charge < -0.3 is 81.9 Å². The minimum absolute atomic E-state index is 0.0134. The van der Waals surface area contributed by atoms with Gasteiger partial charge in [0.1, 0.15) is 37.6 Å². The van der Waals surface area contributed by atoms with Gasteiger partial charge in [0.2, 0.25) is 11.8 Å². The molecular formula is C49H56N18O11. The first-order valence-corrected chi connectivity index (χ1v) is 24.8. The number of aliphatic hydroxyl groups excluding tert-OH is 8. The molecule has 2 aliphatic carbocycles. The Morgan fingerprint density at radius 1 is 0.564 bits per heavy atom. The molecule has 408 valence electrons. The summed E-state index contributed by atoms with van der Waals surface area (Å²) in [6.07, 6.45) is 3.81. The Morgan fingerprint density at radius 3 is 1.36 bits per heavy atom. The number of hydrogen-bond donors (Lipinski definition) is 14. The van der Waals surface area contributed by atoms with Gasteiger partial charge in [0.15, 0.2) is 34.0 Å². The second-order valence-electron chi connectivity index (χ2n) is 19.0. The van der Waals surface area contributed by atoms with Gasteiger partial charge in [0, 0.05) is 0 Å². The summed E-state index contributed by atoms with van der Waals surface area (Å²) in [5.74, 6) is -1.08. The summed E-state index contributed by atoms with van der Waals surface area (Å²) in [5, 5.41) is 110. The fraction of sp³-hybridized carbons (Fsp3) is 0.367. The summed E-state index contributed by atoms with van der Waals surface area (Å²) in [6, 6.07) is 13.7. The number of aromatic nitrogens is 12. The van der Waals surface area contributed by atoms with Gasteiger partial charge in [-0.05, 0) is 36.8 Å². The van der Waals surface area contributed by atoms with Crippen molar-refractivity contribution in [3.8, 4) is 11.9 Å². The Hall–Kier alpha value is -8.55. The van der Waals surface area contributed by atoms with E-state index in [9.17, 15) is 55.2 Å². The number of hydrogen-bond acceptors (Lipinski definition) is 21. The second kappa shape index (κ2) is 23.0. The molecule has 29 nitrogen and oxygen atoms in total. The van der Waals surface area contributed by atoms with E-state index < -0.39 is 91.7 Å². The Balaban J connectivity index is 0.904. The number of urea groups is 1. The van der Waals surface area contributed by atoms with Gasteiger partial charge in [-0.15, -0.1) is 0 Å². The molecule has 2 fully saturated rings. The van der Waals surface area contributed by atoms with Gasteiger partial charge in [-0.1, -0.05) is 60.7 Å². The highest BCUT2D eigenvalue weighted by molar-refractivity contribution is 5.99. The lowest BCUT2D eigenvalue weighted by molar-refractivity contribution is -0.126. The number of fused-ring (bicyclic) bond motifs is 2. The summed E-state index contributed by atoms with van der Waals surface area (Å²) in [5.41, 5.74) is 3.19. The first-order valence-electron chi connectivity index (χ1n) is 24.8. The maximum Gasteiger partial charge on any atom is 0.323 e. The van der Waals surface area contributed by atoms with Crippen LogP contribution in [0.2, 0.25) is 0 Å². The lowest BCUT2D eigenvalue weighted by atomic mass is 10.1. The Kier molecular flexibility index (Phi) is 15.6. The van der Waals surface area contributed by atoms with E-state index in [1.807, 2.05) is 60.7 Å². The van der Waals surface area contributed by atoms with Crippen molar-refractivity contribution in [1.82, 2.24) is 69.2 Å². The first-order chi connectivity index (χ1) is 37.8. The van der Waals surface area contributed by atoms with Crippen molar-refractivity contribution in [3.63, 3.8) is 0 Å². The molecule has 78 heavy (non-hydrogen) atoms. The molecule has 0 radical (unpaired) electrons. The number of imidazole rings is 2. The molecule has 2 aromatic carbocycles. The first kappa shape index (κ1) is 52.9. The van der Waals surface area contributed by atoms with Crippen molar-refractivity contribution in [1.29, 1.82) is 0 Å². The van der Waals surface area contributed by atoms with Crippen molar-refractivity contribution in [2.75, 3.05) is 47.7 Å². The maximum absolute atomic E-state index is 13.6. The fourth-order valence-corrected chi connectivity index (χ4v) is 9.85. The maximum atomic E-state index is 13.6. The highest BCUT2D eigenvalue weighted by Crippen LogP contribution is 2.36. The summed E-state index contributed by atoms with van der Waals surface area (Å²) < 4.78 is 5.66. The summed E-state index contributed by atoms with van der Waals surface area (Å²) >= 11 is 0. The Bertz CT molecular complexity index is 3170. The van der Waals surface area contributed by atoms with Crippen LogP contribution in [0.5, 0.6) is 0 Å². The third-order valence-corrected chi connectivity index (χ3v) is 13.7. The highest BCUT2D eigenvalue weighted by Gasteiger charge is 2.45. The summed E-state index contributed by atoms with van der Waals surface area (Å²) in [6.45, 7) is -2.20. The molecule has 6 aromatic heterocycles. The van der Waals surface area contributed by atoms with Crippen LogP contribution in [0.4, 0.5) is 27.8 Å². The molecule has 4 amide bonds. The highest BCUT2D eigenvalue weighted by atomic mass is 16.3. The zero-order valence-corrected chi connectivity index (χ0v) is 41.3. The SMILES string of the molecule is O=C(CO)N[C@H]1C[C@@H](n2cnc3c(N[C@H](CO)Cc4ccccc4)nc(-n4cc(NC(=O)Nc5cnn(-c6nc(N[C@H](CO)Cc7ccccc7)c7ncn([C@@H]8C[C@H](NC(=O)CO)[C@@H](O)[C@H]8O)c7n6)c5)cn4)nc32)[C@H](O)[C@@H]1O. The third-order valence-electron chi connectivity index (χ3n) is 13.7. The Labute approximate surface area is 441 Å². The third kappa shape index (κ3) is 11.1. The van der Waals surface area contributed by atoms with E-state index >= 15 is 0 Å². The molecule has 0 saturated heterocycles. The summed E-state index contributed by atoms with van der Waals surface area (Å²) in [4.78, 5) is 65.7. The van der Waals surface area contributed by atoms with Gasteiger partial charge in [-0.25, -0.2) is 24.1 Å². The van der Waals surface area contributed by atoms with E-state index in [1.54, 1.807) is 9.13 Å². The number of amides is 4. The zero-order valence-electron chi connectivity index (χ0n) is 41.3. The molecule has 29 heteroatoms. The van der Waals surface area contributed by atoms with Gasteiger partial charge in [-0.3, -0.25) is 9.59 Å². The van der Waals surface area contributed by atoms with E-state index in [-0.39, 0.29) is 83.3 Å². The van der Waals surface area contributed by atoms with Gasteiger partial charge in [0.25, 0.3) is 11.9 Å². The van der Waals surface area contributed by atoms with Crippen LogP contribution in [0.15, 0.2) is 98.1 Å².